The third-order valence-electron chi connectivity index (χ3n) is 2.88. The van der Waals surface area contributed by atoms with Crippen molar-refractivity contribution >= 4 is 9.84 Å². The standard InChI is InChI=1S/C14H15NO2S/c15-11-14(12-7-3-1-4-8-12)18(16,17)13-9-5-2-6-10-13/h1-10,14H,11,15H2/p+1/t14-/m1/s1. The Hall–Kier alpha value is -1.65. The number of hydrogen-bond acceptors (Lipinski definition) is 2. The molecule has 1 atom stereocenters. The van der Waals surface area contributed by atoms with Gasteiger partial charge in [-0.3, -0.25) is 0 Å². The van der Waals surface area contributed by atoms with Crippen molar-refractivity contribution in [1.29, 1.82) is 0 Å². The van der Waals surface area contributed by atoms with E-state index in [0.29, 0.717) is 11.4 Å². The van der Waals surface area contributed by atoms with Crippen LogP contribution in [0, 0.1) is 0 Å². The first-order valence-electron chi connectivity index (χ1n) is 5.79. The lowest BCUT2D eigenvalue weighted by molar-refractivity contribution is -0.367. The summed E-state index contributed by atoms with van der Waals surface area (Å²) >= 11 is 0. The average molecular weight is 262 g/mol. The van der Waals surface area contributed by atoms with Gasteiger partial charge in [0, 0.05) is 0 Å². The Bertz CT molecular complexity index is 594. The SMILES string of the molecule is [NH3+]C[C@H](c1ccccc1)S(=O)(=O)c1ccccc1. The summed E-state index contributed by atoms with van der Waals surface area (Å²) in [7, 11) is -3.37. The predicted octanol–water partition coefficient (Wildman–Crippen LogP) is 1.44. The Kier molecular flexibility index (Phi) is 3.79. The molecule has 18 heavy (non-hydrogen) atoms. The molecule has 0 fully saturated rings. The Labute approximate surface area is 107 Å². The van der Waals surface area contributed by atoms with Gasteiger partial charge in [0.15, 0.2) is 9.84 Å². The lowest BCUT2D eigenvalue weighted by Gasteiger charge is -2.14. The number of rotatable bonds is 4. The van der Waals surface area contributed by atoms with Gasteiger partial charge in [-0.05, 0) is 17.7 Å². The maximum absolute atomic E-state index is 12.5. The van der Waals surface area contributed by atoms with Crippen LogP contribution in [0.5, 0.6) is 0 Å². The molecule has 4 heteroatoms. The molecule has 0 bridgehead atoms. The zero-order valence-electron chi connectivity index (χ0n) is 9.99. The van der Waals surface area contributed by atoms with Crippen molar-refractivity contribution in [2.75, 3.05) is 6.54 Å². The average Bonchev–Trinajstić information content (AvgIpc) is 2.41. The molecular formula is C14H16NO2S+. The van der Waals surface area contributed by atoms with Gasteiger partial charge in [-0.25, -0.2) is 8.42 Å². The molecule has 0 heterocycles. The van der Waals surface area contributed by atoms with Crippen LogP contribution < -0.4 is 5.73 Å². The van der Waals surface area contributed by atoms with Crippen LogP contribution in [0.1, 0.15) is 10.8 Å². The van der Waals surface area contributed by atoms with E-state index in [-0.39, 0.29) is 0 Å². The second-order valence-electron chi connectivity index (χ2n) is 4.05. The smallest absolute Gasteiger partial charge is 0.190 e. The normalized spacial score (nSPS) is 13.2. The molecule has 0 aromatic heterocycles. The van der Waals surface area contributed by atoms with Gasteiger partial charge in [-0.2, -0.15) is 0 Å². The summed E-state index contributed by atoms with van der Waals surface area (Å²) in [6.07, 6.45) is 0. The van der Waals surface area contributed by atoms with Crippen LogP contribution in [-0.4, -0.2) is 15.0 Å². The van der Waals surface area contributed by atoms with E-state index in [1.54, 1.807) is 30.3 Å². The molecule has 2 aromatic rings. The second-order valence-corrected chi connectivity index (χ2v) is 6.18. The topological polar surface area (TPSA) is 61.8 Å². The molecule has 3 N–H and O–H groups in total. The van der Waals surface area contributed by atoms with E-state index >= 15 is 0 Å². The minimum Gasteiger partial charge on any atom is -0.356 e. The van der Waals surface area contributed by atoms with Crippen molar-refractivity contribution in [1.82, 2.24) is 0 Å². The lowest BCUT2D eigenvalue weighted by atomic mass is 10.1. The van der Waals surface area contributed by atoms with Crippen LogP contribution in [0.15, 0.2) is 65.6 Å². The van der Waals surface area contributed by atoms with Gasteiger partial charge >= 0.3 is 0 Å². The largest absolute Gasteiger partial charge is 0.356 e. The molecule has 0 saturated carbocycles. The molecule has 2 aromatic carbocycles. The second kappa shape index (κ2) is 5.33. The van der Waals surface area contributed by atoms with Crippen molar-refractivity contribution in [3.05, 3.63) is 66.2 Å². The first-order valence-corrected chi connectivity index (χ1v) is 7.34. The van der Waals surface area contributed by atoms with Gasteiger partial charge in [0.2, 0.25) is 0 Å². The van der Waals surface area contributed by atoms with Crippen molar-refractivity contribution in [3.8, 4) is 0 Å². The summed E-state index contributed by atoms with van der Waals surface area (Å²) < 4.78 is 25.0. The fourth-order valence-electron chi connectivity index (χ4n) is 1.94. The van der Waals surface area contributed by atoms with Crippen LogP contribution in [0.25, 0.3) is 0 Å². The Balaban J connectivity index is 2.46. The summed E-state index contributed by atoms with van der Waals surface area (Å²) in [6, 6.07) is 17.8. The monoisotopic (exact) mass is 262 g/mol. The van der Waals surface area contributed by atoms with Gasteiger partial charge in [0.25, 0.3) is 0 Å². The highest BCUT2D eigenvalue weighted by atomic mass is 32.2. The number of sulfone groups is 1. The van der Waals surface area contributed by atoms with Gasteiger partial charge in [0.1, 0.15) is 5.25 Å². The van der Waals surface area contributed by atoms with Crippen molar-refractivity contribution < 1.29 is 14.2 Å². The van der Waals surface area contributed by atoms with Crippen molar-refractivity contribution in [2.24, 2.45) is 0 Å². The molecule has 94 valence electrons. The van der Waals surface area contributed by atoms with Gasteiger partial charge in [-0.1, -0.05) is 48.5 Å². The maximum atomic E-state index is 12.5. The summed E-state index contributed by atoms with van der Waals surface area (Å²) in [5, 5.41) is -0.582. The number of quaternary nitrogens is 1. The van der Waals surface area contributed by atoms with E-state index in [0.717, 1.165) is 5.56 Å². The summed E-state index contributed by atoms with van der Waals surface area (Å²) in [4.78, 5) is 0.350. The van der Waals surface area contributed by atoms with E-state index in [4.69, 9.17) is 0 Å². The van der Waals surface area contributed by atoms with Crippen LogP contribution in [0.4, 0.5) is 0 Å². The maximum Gasteiger partial charge on any atom is 0.190 e. The van der Waals surface area contributed by atoms with Gasteiger partial charge in [-0.15, -0.1) is 0 Å². The van der Waals surface area contributed by atoms with Gasteiger partial charge < -0.3 is 5.73 Å². The molecule has 0 aliphatic carbocycles. The number of hydrogen-bond donors (Lipinski definition) is 1. The van der Waals surface area contributed by atoms with Crippen LogP contribution in [-0.2, 0) is 9.84 Å². The van der Waals surface area contributed by atoms with E-state index in [2.05, 4.69) is 5.73 Å². The predicted molar refractivity (Wildman–Crippen MR) is 70.6 cm³/mol. The highest BCUT2D eigenvalue weighted by Crippen LogP contribution is 2.27. The Morgan fingerprint density at radius 3 is 1.89 bits per heavy atom. The molecule has 0 aliphatic rings. The van der Waals surface area contributed by atoms with E-state index in [1.165, 1.54) is 0 Å². The lowest BCUT2D eigenvalue weighted by Crippen LogP contribution is -2.54. The zero-order valence-corrected chi connectivity index (χ0v) is 10.8. The molecule has 0 amide bonds. The molecule has 0 saturated heterocycles. The van der Waals surface area contributed by atoms with Crippen LogP contribution in [0.2, 0.25) is 0 Å². The van der Waals surface area contributed by atoms with Crippen molar-refractivity contribution in [2.45, 2.75) is 10.1 Å². The van der Waals surface area contributed by atoms with Crippen molar-refractivity contribution in [3.63, 3.8) is 0 Å². The fraction of sp³-hybridized carbons (Fsp3) is 0.143. The minimum atomic E-state index is -3.37. The molecule has 0 radical (unpaired) electrons. The Morgan fingerprint density at radius 1 is 0.889 bits per heavy atom. The molecule has 2 rings (SSSR count). The third kappa shape index (κ3) is 2.44. The molecule has 0 spiro atoms. The van der Waals surface area contributed by atoms with Crippen LogP contribution >= 0.6 is 0 Å². The summed E-state index contributed by atoms with van der Waals surface area (Å²) in [6.45, 7) is 0.321. The number of benzene rings is 2. The van der Waals surface area contributed by atoms with Crippen LogP contribution in [0.3, 0.4) is 0 Å². The summed E-state index contributed by atoms with van der Waals surface area (Å²) in [5.41, 5.74) is 4.56. The van der Waals surface area contributed by atoms with E-state index in [9.17, 15) is 8.42 Å². The zero-order chi connectivity index (χ0) is 13.0. The molecule has 0 aliphatic heterocycles. The van der Waals surface area contributed by atoms with E-state index < -0.39 is 15.1 Å². The quantitative estimate of drug-likeness (QED) is 0.906. The first kappa shape index (κ1) is 12.8. The fourth-order valence-corrected chi connectivity index (χ4v) is 3.63. The molecular weight excluding hydrogens is 246 g/mol. The minimum absolute atomic E-state index is 0.321. The van der Waals surface area contributed by atoms with E-state index in [1.807, 2.05) is 30.3 Å². The van der Waals surface area contributed by atoms with Gasteiger partial charge in [0.05, 0.1) is 11.4 Å². The third-order valence-corrected chi connectivity index (χ3v) is 5.07. The first-order chi connectivity index (χ1) is 8.66. The highest BCUT2D eigenvalue weighted by molar-refractivity contribution is 7.91. The summed E-state index contributed by atoms with van der Waals surface area (Å²) in [5.74, 6) is 0. The Morgan fingerprint density at radius 2 is 1.39 bits per heavy atom. The molecule has 3 nitrogen and oxygen atoms in total. The highest BCUT2D eigenvalue weighted by Gasteiger charge is 2.29. The molecule has 0 unspecified atom stereocenters.